The quantitative estimate of drug-likeness (QED) is 0.877. The third-order valence-electron chi connectivity index (χ3n) is 3.71. The van der Waals surface area contributed by atoms with Crippen molar-refractivity contribution in [3.05, 3.63) is 24.3 Å². The van der Waals surface area contributed by atoms with Gasteiger partial charge in [0.25, 0.3) is 0 Å². The van der Waals surface area contributed by atoms with Gasteiger partial charge in [0.05, 0.1) is 0 Å². The minimum atomic E-state index is -4.37. The van der Waals surface area contributed by atoms with Crippen molar-refractivity contribution in [1.29, 1.82) is 0 Å². The second-order valence-corrected chi connectivity index (χ2v) is 5.54. The molecule has 0 aromatic heterocycles. The lowest BCUT2D eigenvalue weighted by atomic mass is 10.00. The number of nitrogens with two attached hydrogens (primary N) is 1. The zero-order chi connectivity index (χ0) is 16.2. The van der Waals surface area contributed by atoms with Gasteiger partial charge in [0.15, 0.2) is 6.61 Å². The second-order valence-electron chi connectivity index (χ2n) is 5.54. The Morgan fingerprint density at radius 3 is 2.50 bits per heavy atom. The number of amides is 1. The molecule has 0 aliphatic heterocycles. The first kappa shape index (κ1) is 16.6. The highest BCUT2D eigenvalue weighted by molar-refractivity contribution is 5.90. The Morgan fingerprint density at radius 1 is 1.27 bits per heavy atom. The molecule has 0 heterocycles. The van der Waals surface area contributed by atoms with E-state index in [4.69, 9.17) is 5.73 Å². The van der Waals surface area contributed by atoms with Crippen molar-refractivity contribution < 1.29 is 22.7 Å². The number of hydrogen-bond donors (Lipinski definition) is 2. The molecule has 3 N–H and O–H groups in total. The number of rotatable bonds is 5. The number of benzene rings is 1. The number of carbonyl (C=O) groups is 1. The standard InChI is InChI=1S/C15H19F3N2O2/c16-15(17,18)9-22-12-6-4-11(5-7-12)20-14(21)8-10-2-1-3-13(10)19/h4-7,10,13H,1-3,8-9,19H2,(H,20,21)/t10-,13+/m0/s1. The maximum absolute atomic E-state index is 12.0. The normalized spacial score (nSPS) is 21.6. The molecule has 0 radical (unpaired) electrons. The summed E-state index contributed by atoms with van der Waals surface area (Å²) in [5.74, 6) is 0.175. The van der Waals surface area contributed by atoms with Crippen LogP contribution in [0.5, 0.6) is 5.75 Å². The van der Waals surface area contributed by atoms with E-state index in [0.29, 0.717) is 12.1 Å². The van der Waals surface area contributed by atoms with Gasteiger partial charge in [-0.1, -0.05) is 6.42 Å². The zero-order valence-electron chi connectivity index (χ0n) is 12.0. The van der Waals surface area contributed by atoms with Crippen LogP contribution in [-0.4, -0.2) is 24.7 Å². The lowest BCUT2D eigenvalue weighted by molar-refractivity contribution is -0.153. The van der Waals surface area contributed by atoms with E-state index in [1.807, 2.05) is 0 Å². The fourth-order valence-electron chi connectivity index (χ4n) is 2.57. The van der Waals surface area contributed by atoms with Crippen LogP contribution in [0.2, 0.25) is 0 Å². The lowest BCUT2D eigenvalue weighted by Crippen LogP contribution is -2.28. The summed E-state index contributed by atoms with van der Waals surface area (Å²) in [5, 5.41) is 2.72. The molecule has 1 aromatic carbocycles. The number of carbonyl (C=O) groups excluding carboxylic acids is 1. The van der Waals surface area contributed by atoms with Gasteiger partial charge in [0, 0.05) is 18.2 Å². The Kier molecular flexibility index (Phi) is 5.28. The molecule has 22 heavy (non-hydrogen) atoms. The highest BCUT2D eigenvalue weighted by atomic mass is 19.4. The predicted octanol–water partition coefficient (Wildman–Crippen LogP) is 3.08. The topological polar surface area (TPSA) is 64.4 Å². The molecule has 7 heteroatoms. The van der Waals surface area contributed by atoms with E-state index in [2.05, 4.69) is 10.1 Å². The molecule has 0 bridgehead atoms. The molecule has 1 aliphatic carbocycles. The van der Waals surface area contributed by atoms with Crippen molar-refractivity contribution in [3.8, 4) is 5.75 Å². The van der Waals surface area contributed by atoms with E-state index in [1.54, 1.807) is 0 Å². The predicted molar refractivity (Wildman–Crippen MR) is 76.6 cm³/mol. The average Bonchev–Trinajstić information content (AvgIpc) is 2.82. The number of ether oxygens (including phenoxy) is 1. The highest BCUT2D eigenvalue weighted by Gasteiger charge is 2.28. The van der Waals surface area contributed by atoms with E-state index < -0.39 is 12.8 Å². The first-order valence-corrected chi connectivity index (χ1v) is 7.18. The van der Waals surface area contributed by atoms with Crippen LogP contribution in [0.15, 0.2) is 24.3 Å². The fraction of sp³-hybridized carbons (Fsp3) is 0.533. The largest absolute Gasteiger partial charge is 0.484 e. The number of halogens is 3. The number of hydrogen-bond acceptors (Lipinski definition) is 3. The molecule has 0 saturated heterocycles. The summed E-state index contributed by atoms with van der Waals surface area (Å²) in [7, 11) is 0. The van der Waals surface area contributed by atoms with E-state index in [9.17, 15) is 18.0 Å². The minimum Gasteiger partial charge on any atom is -0.484 e. The molecule has 4 nitrogen and oxygen atoms in total. The van der Waals surface area contributed by atoms with Crippen molar-refractivity contribution in [3.63, 3.8) is 0 Å². The van der Waals surface area contributed by atoms with Gasteiger partial charge < -0.3 is 15.8 Å². The summed E-state index contributed by atoms with van der Waals surface area (Å²) < 4.78 is 40.7. The van der Waals surface area contributed by atoms with Crippen LogP contribution < -0.4 is 15.8 Å². The summed E-state index contributed by atoms with van der Waals surface area (Å²) in [4.78, 5) is 11.9. The summed E-state index contributed by atoms with van der Waals surface area (Å²) >= 11 is 0. The smallest absolute Gasteiger partial charge is 0.422 e. The Hall–Kier alpha value is -1.76. The zero-order valence-corrected chi connectivity index (χ0v) is 12.0. The van der Waals surface area contributed by atoms with Crippen LogP contribution in [0, 0.1) is 5.92 Å². The van der Waals surface area contributed by atoms with Crippen LogP contribution in [0.4, 0.5) is 18.9 Å². The Balaban J connectivity index is 1.81. The molecule has 0 unspecified atom stereocenters. The van der Waals surface area contributed by atoms with Gasteiger partial charge in [-0.05, 0) is 43.0 Å². The van der Waals surface area contributed by atoms with Crippen molar-refractivity contribution in [2.45, 2.75) is 37.9 Å². The van der Waals surface area contributed by atoms with E-state index in [0.717, 1.165) is 19.3 Å². The third-order valence-corrected chi connectivity index (χ3v) is 3.71. The molecule has 2 atom stereocenters. The van der Waals surface area contributed by atoms with Crippen molar-refractivity contribution in [2.24, 2.45) is 11.7 Å². The first-order valence-electron chi connectivity index (χ1n) is 7.18. The number of anilines is 1. The molecular weight excluding hydrogens is 297 g/mol. The summed E-state index contributed by atoms with van der Waals surface area (Å²) in [5.41, 5.74) is 6.44. The molecule has 122 valence electrons. The van der Waals surface area contributed by atoms with Gasteiger partial charge in [-0.3, -0.25) is 4.79 Å². The summed E-state index contributed by atoms with van der Waals surface area (Å²) in [6.45, 7) is -1.34. The van der Waals surface area contributed by atoms with Crippen LogP contribution in [0.25, 0.3) is 0 Å². The van der Waals surface area contributed by atoms with Gasteiger partial charge in [0.2, 0.25) is 5.91 Å². The second kappa shape index (κ2) is 7.00. The summed E-state index contributed by atoms with van der Waals surface area (Å²) in [6.07, 6.45) is -1.05. The third kappa shape index (κ3) is 5.22. The van der Waals surface area contributed by atoms with E-state index >= 15 is 0 Å². The van der Waals surface area contributed by atoms with Crippen molar-refractivity contribution in [2.75, 3.05) is 11.9 Å². The number of alkyl halides is 3. The van der Waals surface area contributed by atoms with Crippen LogP contribution in [0.3, 0.4) is 0 Å². The highest BCUT2D eigenvalue weighted by Crippen LogP contribution is 2.27. The molecule has 1 aliphatic rings. The van der Waals surface area contributed by atoms with E-state index in [-0.39, 0.29) is 23.6 Å². The maximum Gasteiger partial charge on any atom is 0.422 e. The molecule has 0 spiro atoms. The van der Waals surface area contributed by atoms with Gasteiger partial charge in [-0.25, -0.2) is 0 Å². The summed E-state index contributed by atoms with van der Waals surface area (Å²) in [6, 6.07) is 5.88. The van der Waals surface area contributed by atoms with E-state index in [1.165, 1.54) is 24.3 Å². The SMILES string of the molecule is N[C@@H]1CCC[C@H]1CC(=O)Nc1ccc(OCC(F)(F)F)cc1. The van der Waals surface area contributed by atoms with Crippen molar-refractivity contribution >= 4 is 11.6 Å². The maximum atomic E-state index is 12.0. The fourth-order valence-corrected chi connectivity index (χ4v) is 2.57. The molecule has 1 aromatic rings. The van der Waals surface area contributed by atoms with Crippen LogP contribution >= 0.6 is 0 Å². The number of nitrogens with one attached hydrogen (secondary N) is 1. The first-order chi connectivity index (χ1) is 10.3. The molecule has 1 amide bonds. The molecule has 2 rings (SSSR count). The molecular formula is C15H19F3N2O2. The van der Waals surface area contributed by atoms with Crippen molar-refractivity contribution in [1.82, 2.24) is 0 Å². The Labute approximate surface area is 126 Å². The molecule has 1 saturated carbocycles. The molecule has 1 fully saturated rings. The Bertz CT molecular complexity index is 503. The van der Waals surface area contributed by atoms with Gasteiger partial charge in [-0.2, -0.15) is 13.2 Å². The lowest BCUT2D eigenvalue weighted by Gasteiger charge is -2.15. The average molecular weight is 316 g/mol. The minimum absolute atomic E-state index is 0.0731. The van der Waals surface area contributed by atoms with Gasteiger partial charge >= 0.3 is 6.18 Å². The van der Waals surface area contributed by atoms with Gasteiger partial charge in [-0.15, -0.1) is 0 Å². The van der Waals surface area contributed by atoms with Crippen LogP contribution in [0.1, 0.15) is 25.7 Å². The van der Waals surface area contributed by atoms with Crippen LogP contribution in [-0.2, 0) is 4.79 Å². The Morgan fingerprint density at radius 2 is 1.95 bits per heavy atom. The monoisotopic (exact) mass is 316 g/mol. The van der Waals surface area contributed by atoms with Gasteiger partial charge in [0.1, 0.15) is 5.75 Å².